The Hall–Kier alpha value is -1.66. The van der Waals surface area contributed by atoms with Gasteiger partial charge in [0.25, 0.3) is 0 Å². The third-order valence-electron chi connectivity index (χ3n) is 3.99. The topological polar surface area (TPSA) is 117 Å². The van der Waals surface area contributed by atoms with Crippen molar-refractivity contribution in [1.82, 2.24) is 10.2 Å². The summed E-state index contributed by atoms with van der Waals surface area (Å²) < 4.78 is 28.3. The Labute approximate surface area is 135 Å². The molecule has 0 aromatic rings. The van der Waals surface area contributed by atoms with Gasteiger partial charge >= 0.3 is 0 Å². The third kappa shape index (κ3) is 5.18. The van der Waals surface area contributed by atoms with Crippen molar-refractivity contribution < 1.29 is 22.7 Å². The Bertz CT molecular complexity index is 615. The highest BCUT2D eigenvalue weighted by Crippen LogP contribution is 2.34. The molecule has 128 valence electrons. The molecule has 1 saturated carbocycles. The second-order valence-electron chi connectivity index (χ2n) is 6.17. The van der Waals surface area contributed by atoms with E-state index in [1.54, 1.807) is 4.90 Å². The maximum atomic E-state index is 12.3. The van der Waals surface area contributed by atoms with Crippen LogP contribution in [0.3, 0.4) is 0 Å². The Morgan fingerprint density at radius 3 is 2.43 bits per heavy atom. The largest absolute Gasteiger partial charge is 0.378 e. The molecule has 0 bridgehead atoms. The molecule has 1 saturated heterocycles. The van der Waals surface area contributed by atoms with Crippen molar-refractivity contribution in [1.29, 1.82) is 5.26 Å². The SMILES string of the molecule is CS(=O)(=O)CC(CC(=O)N1CCOCC1)C(=O)NC1(C#N)CC1. The highest BCUT2D eigenvalue weighted by atomic mass is 32.2. The number of nitrogens with zero attached hydrogens (tertiary/aromatic N) is 2. The molecule has 1 unspecified atom stereocenters. The van der Waals surface area contributed by atoms with Crippen LogP contribution in [0, 0.1) is 17.2 Å². The van der Waals surface area contributed by atoms with E-state index >= 15 is 0 Å². The molecule has 0 spiro atoms. The van der Waals surface area contributed by atoms with E-state index in [-0.39, 0.29) is 12.3 Å². The predicted octanol–water partition coefficient (Wildman–Crippen LogP) is -0.932. The fourth-order valence-corrected chi connectivity index (χ4v) is 3.47. The van der Waals surface area contributed by atoms with Crippen LogP contribution >= 0.6 is 0 Å². The molecule has 1 heterocycles. The normalized spacial score (nSPS) is 21.1. The molecule has 23 heavy (non-hydrogen) atoms. The van der Waals surface area contributed by atoms with Crippen LogP contribution < -0.4 is 5.32 Å². The van der Waals surface area contributed by atoms with Crippen LogP contribution in [-0.4, -0.2) is 69.0 Å². The molecule has 0 aromatic heterocycles. The number of morpholine rings is 1. The minimum absolute atomic E-state index is 0.180. The minimum atomic E-state index is -3.43. The fraction of sp³-hybridized carbons (Fsp3) is 0.786. The average Bonchev–Trinajstić information content (AvgIpc) is 3.26. The van der Waals surface area contributed by atoms with Gasteiger partial charge < -0.3 is 15.0 Å². The lowest BCUT2D eigenvalue weighted by atomic mass is 10.0. The van der Waals surface area contributed by atoms with Gasteiger partial charge in [0.05, 0.1) is 31.0 Å². The van der Waals surface area contributed by atoms with Crippen LogP contribution in [0.25, 0.3) is 0 Å². The first-order valence-electron chi connectivity index (χ1n) is 7.51. The van der Waals surface area contributed by atoms with Crippen molar-refractivity contribution in [3.8, 4) is 6.07 Å². The Balaban J connectivity index is 2.02. The standard InChI is InChI=1S/C14H21N3O5S/c1-23(20,21)9-11(13(19)16-14(10-15)2-3-14)8-12(18)17-4-6-22-7-5-17/h11H,2-9H2,1H3,(H,16,19). The van der Waals surface area contributed by atoms with Crippen LogP contribution in [0.5, 0.6) is 0 Å². The van der Waals surface area contributed by atoms with Gasteiger partial charge in [-0.15, -0.1) is 0 Å². The molecule has 1 atom stereocenters. The van der Waals surface area contributed by atoms with Gasteiger partial charge in [-0.25, -0.2) is 8.42 Å². The maximum Gasteiger partial charge on any atom is 0.225 e. The van der Waals surface area contributed by atoms with Crippen LogP contribution in [0.2, 0.25) is 0 Å². The highest BCUT2D eigenvalue weighted by molar-refractivity contribution is 7.90. The van der Waals surface area contributed by atoms with Crippen molar-refractivity contribution in [2.75, 3.05) is 38.3 Å². The van der Waals surface area contributed by atoms with Crippen LogP contribution in [0.4, 0.5) is 0 Å². The van der Waals surface area contributed by atoms with Gasteiger partial charge in [0.2, 0.25) is 11.8 Å². The van der Waals surface area contributed by atoms with Gasteiger partial charge in [-0.1, -0.05) is 0 Å². The number of sulfone groups is 1. The Kier molecular flexibility index (Phi) is 5.26. The third-order valence-corrected chi connectivity index (χ3v) is 4.99. The molecule has 1 aliphatic carbocycles. The van der Waals surface area contributed by atoms with E-state index in [0.29, 0.717) is 39.1 Å². The van der Waals surface area contributed by atoms with Gasteiger partial charge in [0, 0.05) is 25.8 Å². The summed E-state index contributed by atoms with van der Waals surface area (Å²) in [6.07, 6.45) is 1.96. The van der Waals surface area contributed by atoms with Crippen molar-refractivity contribution in [3.63, 3.8) is 0 Å². The van der Waals surface area contributed by atoms with E-state index in [1.807, 2.05) is 6.07 Å². The summed E-state index contributed by atoms with van der Waals surface area (Å²) in [6.45, 7) is 1.75. The lowest BCUT2D eigenvalue weighted by Crippen LogP contribution is -2.46. The smallest absolute Gasteiger partial charge is 0.225 e. The Morgan fingerprint density at radius 1 is 1.35 bits per heavy atom. The molecule has 1 aliphatic heterocycles. The summed E-state index contributed by atoms with van der Waals surface area (Å²) in [5, 5.41) is 11.6. The molecule has 0 aromatic carbocycles. The summed E-state index contributed by atoms with van der Waals surface area (Å²) in [5.74, 6) is -2.20. The van der Waals surface area contributed by atoms with E-state index in [4.69, 9.17) is 10.00 Å². The zero-order valence-corrected chi connectivity index (χ0v) is 13.9. The summed E-state index contributed by atoms with van der Waals surface area (Å²) in [5.41, 5.74) is -0.880. The molecule has 2 rings (SSSR count). The first-order valence-corrected chi connectivity index (χ1v) is 9.57. The molecule has 1 N–H and O–H groups in total. The van der Waals surface area contributed by atoms with Gasteiger partial charge in [-0.3, -0.25) is 9.59 Å². The van der Waals surface area contributed by atoms with Crippen molar-refractivity contribution in [2.45, 2.75) is 24.8 Å². The van der Waals surface area contributed by atoms with E-state index in [9.17, 15) is 18.0 Å². The summed E-state index contributed by atoms with van der Waals surface area (Å²) in [6, 6.07) is 2.02. The average molecular weight is 343 g/mol. The van der Waals surface area contributed by atoms with Crippen molar-refractivity contribution >= 4 is 21.7 Å². The van der Waals surface area contributed by atoms with Crippen molar-refractivity contribution in [2.24, 2.45) is 5.92 Å². The van der Waals surface area contributed by atoms with E-state index in [1.165, 1.54) is 0 Å². The van der Waals surface area contributed by atoms with Crippen LogP contribution in [0.1, 0.15) is 19.3 Å². The van der Waals surface area contributed by atoms with Crippen molar-refractivity contribution in [3.05, 3.63) is 0 Å². The lowest BCUT2D eigenvalue weighted by molar-refractivity contribution is -0.139. The first-order chi connectivity index (χ1) is 10.7. The predicted molar refractivity (Wildman–Crippen MR) is 80.9 cm³/mol. The number of ether oxygens (including phenoxy) is 1. The number of hydrogen-bond acceptors (Lipinski definition) is 6. The molecule has 2 aliphatic rings. The second-order valence-corrected chi connectivity index (χ2v) is 8.35. The highest BCUT2D eigenvalue weighted by Gasteiger charge is 2.46. The molecule has 2 fully saturated rings. The molecule has 8 nitrogen and oxygen atoms in total. The molecule has 9 heteroatoms. The number of rotatable bonds is 6. The van der Waals surface area contributed by atoms with Crippen LogP contribution in [-0.2, 0) is 24.2 Å². The number of hydrogen-bond donors (Lipinski definition) is 1. The maximum absolute atomic E-state index is 12.3. The number of carbonyl (C=O) groups is 2. The van der Waals surface area contributed by atoms with Gasteiger partial charge in [0.1, 0.15) is 15.4 Å². The molecular weight excluding hydrogens is 322 g/mol. The lowest BCUT2D eigenvalue weighted by Gasteiger charge is -2.28. The molecular formula is C14H21N3O5S. The Morgan fingerprint density at radius 2 is 1.96 bits per heavy atom. The van der Waals surface area contributed by atoms with Crippen LogP contribution in [0.15, 0.2) is 0 Å². The summed E-state index contributed by atoms with van der Waals surface area (Å²) in [7, 11) is -3.43. The summed E-state index contributed by atoms with van der Waals surface area (Å²) >= 11 is 0. The zero-order chi connectivity index (χ0) is 17.1. The van der Waals surface area contributed by atoms with Gasteiger partial charge in [-0.2, -0.15) is 5.26 Å². The molecule has 0 radical (unpaired) electrons. The second kappa shape index (κ2) is 6.84. The number of nitriles is 1. The minimum Gasteiger partial charge on any atom is -0.378 e. The fourth-order valence-electron chi connectivity index (χ4n) is 2.47. The number of carbonyl (C=O) groups excluding carboxylic acids is 2. The molecule has 2 amide bonds. The zero-order valence-electron chi connectivity index (χ0n) is 13.1. The van der Waals surface area contributed by atoms with E-state index in [0.717, 1.165) is 6.26 Å². The van der Waals surface area contributed by atoms with Gasteiger partial charge in [-0.05, 0) is 12.8 Å². The number of nitrogens with one attached hydrogen (secondary N) is 1. The number of amides is 2. The quantitative estimate of drug-likeness (QED) is 0.666. The van der Waals surface area contributed by atoms with E-state index in [2.05, 4.69) is 5.32 Å². The first kappa shape index (κ1) is 17.7. The van der Waals surface area contributed by atoms with E-state index < -0.39 is 33.0 Å². The summed E-state index contributed by atoms with van der Waals surface area (Å²) in [4.78, 5) is 26.2. The monoisotopic (exact) mass is 343 g/mol. The van der Waals surface area contributed by atoms with Gasteiger partial charge in [0.15, 0.2) is 0 Å².